The smallest absolute Gasteiger partial charge is 0.207 e. The number of nitrogens with one attached hydrogen (secondary N) is 1. The quantitative estimate of drug-likeness (QED) is 0.169. The van der Waals surface area contributed by atoms with E-state index in [0.29, 0.717) is 29.6 Å². The fourth-order valence-electron chi connectivity index (χ4n) is 11.3. The zero-order chi connectivity index (χ0) is 43.7. The first-order chi connectivity index (χ1) is 29.5. The molecule has 321 valence electrons. The second kappa shape index (κ2) is 16.4. The van der Waals surface area contributed by atoms with E-state index >= 15 is 0 Å². The molecule has 5 aliphatic rings. The monoisotopic (exact) mass is 838 g/mol. The maximum atomic E-state index is 3.83. The SMILES string of the molecule is CC1=CCC(c2cc(C(C)C)ccc2N(C2=C([B]c3cc4cc5c(cc4s3)C(C)(C)CCC5(C)C)C=C3C(C2)C(C)CCC3(C)C)c2cccc(NC3=CC(C)CC=C3)c2)C=C1. The van der Waals surface area contributed by atoms with Gasteiger partial charge in [0.05, 0.1) is 0 Å². The summed E-state index contributed by atoms with van der Waals surface area (Å²) >= 11 is 1.98. The fraction of sp³-hybridized carbons (Fsp3) is 0.448. The van der Waals surface area contributed by atoms with Gasteiger partial charge in [0.2, 0.25) is 7.28 Å². The number of rotatable bonds is 9. The third kappa shape index (κ3) is 8.31. The molecule has 1 fully saturated rings. The molecule has 4 atom stereocenters. The maximum Gasteiger partial charge on any atom is 0.207 e. The highest BCUT2D eigenvalue weighted by atomic mass is 32.1. The van der Waals surface area contributed by atoms with Crippen LogP contribution in [0.15, 0.2) is 131 Å². The lowest BCUT2D eigenvalue weighted by atomic mass is 9.56. The summed E-state index contributed by atoms with van der Waals surface area (Å²) in [5.41, 5.74) is 17.0. The largest absolute Gasteiger partial charge is 0.356 e. The summed E-state index contributed by atoms with van der Waals surface area (Å²) in [6.45, 7) is 26.5. The van der Waals surface area contributed by atoms with Crippen LogP contribution in [0, 0.1) is 23.2 Å². The normalized spacial score (nSPS) is 24.9. The molecule has 4 aromatic rings. The lowest BCUT2D eigenvalue weighted by Crippen LogP contribution is -2.37. The predicted octanol–water partition coefficient (Wildman–Crippen LogP) is 16.0. The number of thiophene rings is 1. The molecule has 0 amide bonds. The van der Waals surface area contributed by atoms with Gasteiger partial charge in [0.25, 0.3) is 0 Å². The van der Waals surface area contributed by atoms with E-state index in [4.69, 9.17) is 0 Å². The van der Waals surface area contributed by atoms with Crippen molar-refractivity contribution in [2.45, 2.75) is 144 Å². The lowest BCUT2D eigenvalue weighted by molar-refractivity contribution is 0.210. The van der Waals surface area contributed by atoms with E-state index in [-0.39, 0.29) is 16.2 Å². The summed E-state index contributed by atoms with van der Waals surface area (Å²) < 4.78 is 2.75. The molecule has 3 aromatic carbocycles. The summed E-state index contributed by atoms with van der Waals surface area (Å²) in [4.78, 5) is 2.70. The molecule has 0 bridgehead atoms. The van der Waals surface area contributed by atoms with Crippen molar-refractivity contribution in [3.63, 3.8) is 0 Å². The minimum atomic E-state index is 0.159. The Morgan fingerprint density at radius 2 is 1.61 bits per heavy atom. The number of anilines is 3. The molecule has 0 saturated heterocycles. The van der Waals surface area contributed by atoms with Crippen LogP contribution in [0.3, 0.4) is 0 Å². The van der Waals surface area contributed by atoms with E-state index in [2.05, 4.69) is 197 Å². The van der Waals surface area contributed by atoms with Gasteiger partial charge in [0.1, 0.15) is 0 Å². The van der Waals surface area contributed by atoms with Gasteiger partial charge in [-0.25, -0.2) is 0 Å². The highest BCUT2D eigenvalue weighted by molar-refractivity contribution is 7.27. The third-order valence-corrected chi connectivity index (χ3v) is 16.6. The first-order valence-electron chi connectivity index (χ1n) is 23.9. The highest BCUT2D eigenvalue weighted by Gasteiger charge is 2.42. The van der Waals surface area contributed by atoms with Crippen LogP contribution in [0.1, 0.15) is 155 Å². The Kier molecular flexibility index (Phi) is 11.4. The van der Waals surface area contributed by atoms with E-state index in [1.165, 1.54) is 85.5 Å². The predicted molar refractivity (Wildman–Crippen MR) is 272 cm³/mol. The first-order valence-corrected chi connectivity index (χ1v) is 24.7. The third-order valence-electron chi connectivity index (χ3n) is 15.5. The van der Waals surface area contributed by atoms with Gasteiger partial charge < -0.3 is 10.2 Å². The van der Waals surface area contributed by atoms with E-state index in [0.717, 1.165) is 24.9 Å². The molecular weight excluding hydrogens is 768 g/mol. The summed E-state index contributed by atoms with van der Waals surface area (Å²) in [6, 6.07) is 24.3. The fourth-order valence-corrected chi connectivity index (χ4v) is 12.3. The number of hydrogen-bond acceptors (Lipinski definition) is 3. The molecule has 5 aliphatic carbocycles. The minimum Gasteiger partial charge on any atom is -0.356 e. The van der Waals surface area contributed by atoms with Crippen LogP contribution in [-0.4, -0.2) is 7.28 Å². The van der Waals surface area contributed by atoms with Crippen LogP contribution >= 0.6 is 11.3 Å². The standard InChI is InChI=1S/C58H70BN2S/c1-36(2)41-22-23-52(47(29-41)40-20-18-37(3)19-21-40)61(45-17-13-16-44(32-45)60-43-15-12-14-38(4)28-43)53-33-46-39(5)24-25-56(6,7)48(46)34-51(53)59-55-31-42-30-49-50(35-54(42)62-55)58(10,11)27-26-57(49,8)9/h12-13,15-20,22-23,28-32,34-36,38-40,46,60H,14,21,24-27,33H2,1-11H3. The van der Waals surface area contributed by atoms with Crippen molar-refractivity contribution in [2.24, 2.45) is 23.2 Å². The molecular formula is C58H70BN2S. The summed E-state index contributed by atoms with van der Waals surface area (Å²) in [7, 11) is 2.57. The summed E-state index contributed by atoms with van der Waals surface area (Å²) in [6.07, 6.45) is 24.9. The maximum absolute atomic E-state index is 3.83. The number of allylic oxidation sites excluding steroid dienone is 11. The molecule has 1 heterocycles. The van der Waals surface area contributed by atoms with Crippen molar-refractivity contribution in [3.8, 4) is 0 Å². The zero-order valence-corrected chi connectivity index (χ0v) is 40.4. The Hall–Kier alpha value is -4.28. The molecule has 0 spiro atoms. The number of nitrogens with zero attached hydrogens (tertiary/aromatic N) is 1. The second-order valence-corrected chi connectivity index (χ2v) is 23.2. The van der Waals surface area contributed by atoms with Crippen LogP contribution in [0.4, 0.5) is 17.1 Å². The van der Waals surface area contributed by atoms with Crippen LogP contribution < -0.4 is 15.0 Å². The summed E-state index contributed by atoms with van der Waals surface area (Å²) in [5, 5.41) is 5.21. The number of hydrogen-bond donors (Lipinski definition) is 1. The Morgan fingerprint density at radius 1 is 0.839 bits per heavy atom. The Bertz CT molecular complexity index is 2530. The van der Waals surface area contributed by atoms with Crippen LogP contribution in [-0.2, 0) is 10.8 Å². The van der Waals surface area contributed by atoms with Crippen molar-refractivity contribution in [3.05, 3.63) is 153 Å². The zero-order valence-electron chi connectivity index (χ0n) is 39.6. The number of benzene rings is 3. The second-order valence-electron chi connectivity index (χ2n) is 22.1. The Balaban J connectivity index is 1.25. The topological polar surface area (TPSA) is 15.3 Å². The highest BCUT2D eigenvalue weighted by Crippen LogP contribution is 2.54. The van der Waals surface area contributed by atoms with Crippen molar-refractivity contribution in [1.82, 2.24) is 0 Å². The van der Waals surface area contributed by atoms with Gasteiger partial charge in [-0.05, 0) is 173 Å². The summed E-state index contributed by atoms with van der Waals surface area (Å²) in [5.74, 6) is 2.37. The van der Waals surface area contributed by atoms with Crippen LogP contribution in [0.2, 0.25) is 0 Å². The minimum absolute atomic E-state index is 0.159. The molecule has 0 aliphatic heterocycles. The number of fused-ring (bicyclic) bond motifs is 3. The van der Waals surface area contributed by atoms with E-state index in [1.54, 1.807) is 16.7 Å². The Labute approximate surface area is 379 Å². The molecule has 4 unspecified atom stereocenters. The van der Waals surface area contributed by atoms with Gasteiger partial charge in [0, 0.05) is 39.1 Å². The van der Waals surface area contributed by atoms with Gasteiger partial charge in [-0.1, -0.05) is 141 Å². The van der Waals surface area contributed by atoms with Crippen molar-refractivity contribution in [2.75, 3.05) is 10.2 Å². The van der Waals surface area contributed by atoms with Crippen molar-refractivity contribution >= 4 is 50.5 Å². The van der Waals surface area contributed by atoms with E-state index in [1.807, 2.05) is 11.3 Å². The molecule has 2 nitrogen and oxygen atoms in total. The molecule has 62 heavy (non-hydrogen) atoms. The average molecular weight is 838 g/mol. The van der Waals surface area contributed by atoms with E-state index in [9.17, 15) is 0 Å². The lowest BCUT2D eigenvalue weighted by Gasteiger charge is -2.47. The van der Waals surface area contributed by atoms with Gasteiger partial charge in [-0.3, -0.25) is 0 Å². The van der Waals surface area contributed by atoms with Gasteiger partial charge in [-0.15, -0.1) is 0 Å². The molecule has 1 aromatic heterocycles. The van der Waals surface area contributed by atoms with Gasteiger partial charge in [0.15, 0.2) is 0 Å². The molecule has 1 radical (unpaired) electrons. The molecule has 1 N–H and O–H groups in total. The molecule has 4 heteroatoms. The molecule has 9 rings (SSSR count). The van der Waals surface area contributed by atoms with Crippen molar-refractivity contribution in [1.29, 1.82) is 0 Å². The van der Waals surface area contributed by atoms with Crippen molar-refractivity contribution < 1.29 is 0 Å². The van der Waals surface area contributed by atoms with E-state index < -0.39 is 0 Å². The van der Waals surface area contributed by atoms with Crippen LogP contribution in [0.5, 0.6) is 0 Å². The first kappa shape index (κ1) is 43.0. The average Bonchev–Trinajstić information content (AvgIpc) is 3.63. The van der Waals surface area contributed by atoms with Crippen LogP contribution in [0.25, 0.3) is 10.1 Å². The Morgan fingerprint density at radius 3 is 2.34 bits per heavy atom. The molecule has 1 saturated carbocycles. The van der Waals surface area contributed by atoms with Gasteiger partial charge >= 0.3 is 0 Å². The van der Waals surface area contributed by atoms with Gasteiger partial charge in [-0.2, -0.15) is 11.3 Å².